The average molecular weight is 295 g/mol. The van der Waals surface area contributed by atoms with E-state index in [4.69, 9.17) is 21.1 Å². The van der Waals surface area contributed by atoms with Crippen LogP contribution in [0.4, 0.5) is 5.69 Å². The van der Waals surface area contributed by atoms with Gasteiger partial charge in [-0.1, -0.05) is 11.6 Å². The fraction of sp³-hybridized carbons (Fsp3) is 0.400. The van der Waals surface area contributed by atoms with Gasteiger partial charge in [-0.05, 0) is 31.2 Å². The molecule has 20 heavy (non-hydrogen) atoms. The number of anilines is 1. The predicted molar refractivity (Wildman–Crippen MR) is 82.3 cm³/mol. The van der Waals surface area contributed by atoms with Crippen molar-refractivity contribution in [1.82, 2.24) is 4.98 Å². The fourth-order valence-electron chi connectivity index (χ4n) is 2.15. The van der Waals surface area contributed by atoms with E-state index < -0.39 is 0 Å². The normalized spacial score (nSPS) is 12.8. The maximum absolute atomic E-state index is 5.99. The van der Waals surface area contributed by atoms with Gasteiger partial charge in [0.15, 0.2) is 6.29 Å². The first kappa shape index (κ1) is 15.0. The first-order valence-electron chi connectivity index (χ1n) is 6.50. The molecule has 4 nitrogen and oxygen atoms in total. The van der Waals surface area contributed by atoms with Crippen LogP contribution in [0.1, 0.15) is 13.3 Å². The van der Waals surface area contributed by atoms with Crippen LogP contribution in [0.2, 0.25) is 5.02 Å². The monoisotopic (exact) mass is 294 g/mol. The summed E-state index contributed by atoms with van der Waals surface area (Å²) in [5, 5.41) is 5.20. The van der Waals surface area contributed by atoms with Gasteiger partial charge in [0.05, 0.1) is 5.52 Å². The van der Waals surface area contributed by atoms with Gasteiger partial charge in [0.25, 0.3) is 0 Å². The van der Waals surface area contributed by atoms with Crippen molar-refractivity contribution in [1.29, 1.82) is 0 Å². The van der Waals surface area contributed by atoms with Crippen LogP contribution in [0, 0.1) is 0 Å². The second-order valence-electron chi connectivity index (χ2n) is 4.70. The lowest BCUT2D eigenvalue weighted by atomic mass is 10.1. The average Bonchev–Trinajstić information content (AvgIpc) is 2.44. The molecule has 0 spiro atoms. The van der Waals surface area contributed by atoms with Gasteiger partial charge in [-0.25, -0.2) is 0 Å². The van der Waals surface area contributed by atoms with Gasteiger partial charge < -0.3 is 14.8 Å². The summed E-state index contributed by atoms with van der Waals surface area (Å²) in [5.74, 6) is 0. The Kier molecular flexibility index (Phi) is 5.17. The van der Waals surface area contributed by atoms with Crippen LogP contribution in [0.5, 0.6) is 0 Å². The van der Waals surface area contributed by atoms with Crippen LogP contribution in [-0.4, -0.2) is 31.5 Å². The number of ether oxygens (including phenoxy) is 2. The SMILES string of the molecule is COC(C[C@@H](C)Nc1ccnc2cc(Cl)ccc12)OC. The van der Waals surface area contributed by atoms with E-state index in [1.165, 1.54) is 0 Å². The van der Waals surface area contributed by atoms with Crippen LogP contribution < -0.4 is 5.32 Å². The zero-order valence-electron chi connectivity index (χ0n) is 11.9. The van der Waals surface area contributed by atoms with E-state index in [1.807, 2.05) is 24.3 Å². The highest BCUT2D eigenvalue weighted by Crippen LogP contribution is 2.25. The molecule has 2 rings (SSSR count). The van der Waals surface area contributed by atoms with Gasteiger partial charge >= 0.3 is 0 Å². The number of fused-ring (bicyclic) bond motifs is 1. The number of aromatic nitrogens is 1. The van der Waals surface area contributed by atoms with Crippen LogP contribution in [0.25, 0.3) is 10.9 Å². The summed E-state index contributed by atoms with van der Waals surface area (Å²) in [6, 6.07) is 7.88. The third kappa shape index (κ3) is 3.60. The minimum Gasteiger partial charge on any atom is -0.382 e. The van der Waals surface area contributed by atoms with Gasteiger partial charge in [0.2, 0.25) is 0 Å². The van der Waals surface area contributed by atoms with E-state index in [0.29, 0.717) is 5.02 Å². The summed E-state index contributed by atoms with van der Waals surface area (Å²) >= 11 is 5.99. The van der Waals surface area contributed by atoms with Crippen molar-refractivity contribution in [3.8, 4) is 0 Å². The molecule has 0 amide bonds. The number of nitrogens with zero attached hydrogens (tertiary/aromatic N) is 1. The molecule has 1 aromatic carbocycles. The van der Waals surface area contributed by atoms with Crippen LogP contribution in [0.15, 0.2) is 30.5 Å². The lowest BCUT2D eigenvalue weighted by Crippen LogP contribution is -2.25. The molecule has 0 radical (unpaired) electrons. The third-order valence-corrected chi connectivity index (χ3v) is 3.41. The zero-order valence-corrected chi connectivity index (χ0v) is 12.6. The number of benzene rings is 1. The Labute approximate surface area is 124 Å². The number of nitrogens with one attached hydrogen (secondary N) is 1. The number of rotatable bonds is 6. The topological polar surface area (TPSA) is 43.4 Å². The van der Waals surface area contributed by atoms with E-state index in [9.17, 15) is 0 Å². The van der Waals surface area contributed by atoms with Gasteiger partial charge in [0.1, 0.15) is 0 Å². The number of hydrogen-bond acceptors (Lipinski definition) is 4. The lowest BCUT2D eigenvalue weighted by molar-refractivity contribution is -0.107. The number of pyridine rings is 1. The number of halogens is 1. The molecule has 0 aliphatic carbocycles. The van der Waals surface area contributed by atoms with Crippen molar-refractivity contribution in [2.45, 2.75) is 25.7 Å². The van der Waals surface area contributed by atoms with Crippen molar-refractivity contribution in [2.75, 3.05) is 19.5 Å². The molecule has 0 bridgehead atoms. The van der Waals surface area contributed by atoms with Crippen LogP contribution in [-0.2, 0) is 9.47 Å². The van der Waals surface area contributed by atoms with Gasteiger partial charge in [0, 0.05) is 49.0 Å². The van der Waals surface area contributed by atoms with Crippen LogP contribution >= 0.6 is 11.6 Å². The molecular weight excluding hydrogens is 276 g/mol. The Balaban J connectivity index is 2.17. The van der Waals surface area contributed by atoms with E-state index in [-0.39, 0.29) is 12.3 Å². The van der Waals surface area contributed by atoms with E-state index in [2.05, 4.69) is 17.2 Å². The van der Waals surface area contributed by atoms with Crippen LogP contribution in [0.3, 0.4) is 0 Å². The molecule has 5 heteroatoms. The van der Waals surface area contributed by atoms with Crippen molar-refractivity contribution < 1.29 is 9.47 Å². The molecule has 1 heterocycles. The van der Waals surface area contributed by atoms with Crippen molar-refractivity contribution in [3.05, 3.63) is 35.5 Å². The summed E-state index contributed by atoms with van der Waals surface area (Å²) in [6.45, 7) is 2.09. The second kappa shape index (κ2) is 6.88. The lowest BCUT2D eigenvalue weighted by Gasteiger charge is -2.21. The quantitative estimate of drug-likeness (QED) is 0.825. The van der Waals surface area contributed by atoms with Crippen molar-refractivity contribution in [3.63, 3.8) is 0 Å². The Morgan fingerprint density at radius 1 is 1.25 bits per heavy atom. The Hall–Kier alpha value is -1.36. The molecule has 0 aliphatic heterocycles. The van der Waals surface area contributed by atoms with Gasteiger partial charge in [-0.3, -0.25) is 4.98 Å². The first-order chi connectivity index (χ1) is 9.63. The molecule has 0 fully saturated rings. The molecule has 2 aromatic rings. The minimum atomic E-state index is -0.208. The molecule has 1 N–H and O–H groups in total. The van der Waals surface area contributed by atoms with E-state index >= 15 is 0 Å². The standard InChI is InChI=1S/C15H19ClN2O2/c1-10(8-15(19-2)20-3)18-13-6-7-17-14-9-11(16)4-5-12(13)14/h4-7,9-10,15H,8H2,1-3H3,(H,17,18)/t10-/m1/s1. The summed E-state index contributed by atoms with van der Waals surface area (Å²) in [6.07, 6.45) is 2.32. The van der Waals surface area contributed by atoms with Gasteiger partial charge in [-0.2, -0.15) is 0 Å². The molecule has 108 valence electrons. The Morgan fingerprint density at radius 3 is 2.70 bits per heavy atom. The zero-order chi connectivity index (χ0) is 14.5. The van der Waals surface area contributed by atoms with Gasteiger partial charge in [-0.15, -0.1) is 0 Å². The molecule has 0 saturated carbocycles. The highest BCUT2D eigenvalue weighted by molar-refractivity contribution is 6.31. The smallest absolute Gasteiger partial charge is 0.158 e. The Bertz CT molecular complexity index is 573. The Morgan fingerprint density at radius 2 is 2.00 bits per heavy atom. The molecule has 1 atom stereocenters. The third-order valence-electron chi connectivity index (χ3n) is 3.18. The van der Waals surface area contributed by atoms with E-state index in [1.54, 1.807) is 20.4 Å². The summed E-state index contributed by atoms with van der Waals surface area (Å²) in [7, 11) is 3.29. The van der Waals surface area contributed by atoms with Crippen molar-refractivity contribution in [2.24, 2.45) is 0 Å². The first-order valence-corrected chi connectivity index (χ1v) is 6.88. The number of methoxy groups -OCH3 is 2. The second-order valence-corrected chi connectivity index (χ2v) is 5.14. The maximum atomic E-state index is 5.99. The largest absolute Gasteiger partial charge is 0.382 e. The summed E-state index contributed by atoms with van der Waals surface area (Å²) in [4.78, 5) is 4.33. The fourth-order valence-corrected chi connectivity index (χ4v) is 2.32. The van der Waals surface area contributed by atoms with Crippen molar-refractivity contribution >= 4 is 28.2 Å². The minimum absolute atomic E-state index is 0.208. The predicted octanol–water partition coefficient (Wildman–Crippen LogP) is 3.70. The maximum Gasteiger partial charge on any atom is 0.158 e. The summed E-state index contributed by atoms with van der Waals surface area (Å²) < 4.78 is 10.4. The molecule has 0 aliphatic rings. The highest BCUT2D eigenvalue weighted by atomic mass is 35.5. The highest BCUT2D eigenvalue weighted by Gasteiger charge is 2.12. The molecule has 0 unspecified atom stereocenters. The molecular formula is C15H19ClN2O2. The molecule has 0 saturated heterocycles. The molecule has 1 aromatic heterocycles. The number of hydrogen-bond donors (Lipinski definition) is 1. The summed E-state index contributed by atoms with van der Waals surface area (Å²) in [5.41, 5.74) is 1.91. The van der Waals surface area contributed by atoms with E-state index in [0.717, 1.165) is 23.0 Å².